The summed E-state index contributed by atoms with van der Waals surface area (Å²) >= 11 is 1.49. The van der Waals surface area contributed by atoms with E-state index in [-0.39, 0.29) is 5.56 Å². The number of fused-ring (bicyclic) bond motifs is 1. The van der Waals surface area contributed by atoms with Crippen LogP contribution in [0.3, 0.4) is 0 Å². The van der Waals surface area contributed by atoms with Gasteiger partial charge in [-0.2, -0.15) is 0 Å². The minimum absolute atomic E-state index is 0.000697. The summed E-state index contributed by atoms with van der Waals surface area (Å²) in [6.07, 6.45) is 1.54. The first-order valence-corrected chi connectivity index (χ1v) is 7.30. The lowest BCUT2D eigenvalue weighted by molar-refractivity contribution is 0.414. The van der Waals surface area contributed by atoms with Crippen molar-refractivity contribution in [2.45, 2.75) is 24.4 Å². The van der Waals surface area contributed by atoms with Crippen molar-refractivity contribution in [1.82, 2.24) is 14.7 Å². The molecule has 0 N–H and O–H groups in total. The Hall–Kier alpha value is -2.08. The molecule has 2 aromatic heterocycles. The lowest BCUT2D eigenvalue weighted by Gasteiger charge is -2.10. The largest absolute Gasteiger partial charge is 0.364 e. The quantitative estimate of drug-likeness (QED) is 0.545. The SMILES string of the molecule is CCn1c(SCc2ccon2)nc2ccccc2c1=O. The predicted molar refractivity (Wildman–Crippen MR) is 77.7 cm³/mol. The third-order valence-electron chi connectivity index (χ3n) is 2.98. The summed E-state index contributed by atoms with van der Waals surface area (Å²) in [5.74, 6) is 0.626. The minimum Gasteiger partial charge on any atom is -0.364 e. The van der Waals surface area contributed by atoms with Gasteiger partial charge in [0.25, 0.3) is 5.56 Å². The number of hydrogen-bond donors (Lipinski definition) is 0. The van der Waals surface area contributed by atoms with E-state index >= 15 is 0 Å². The van der Waals surface area contributed by atoms with Crippen LogP contribution < -0.4 is 5.56 Å². The third-order valence-corrected chi connectivity index (χ3v) is 3.99. The van der Waals surface area contributed by atoms with Crippen molar-refractivity contribution in [3.05, 3.63) is 52.6 Å². The lowest BCUT2D eigenvalue weighted by atomic mass is 10.2. The molecule has 0 saturated carbocycles. The summed E-state index contributed by atoms with van der Waals surface area (Å²) in [6, 6.07) is 9.22. The monoisotopic (exact) mass is 287 g/mol. The zero-order valence-corrected chi connectivity index (χ0v) is 11.8. The van der Waals surface area contributed by atoms with Gasteiger partial charge >= 0.3 is 0 Å². The van der Waals surface area contributed by atoms with Crippen molar-refractivity contribution >= 4 is 22.7 Å². The molecule has 0 fully saturated rings. The van der Waals surface area contributed by atoms with Crippen LogP contribution in [-0.4, -0.2) is 14.7 Å². The first-order chi connectivity index (χ1) is 9.79. The molecule has 3 rings (SSSR count). The molecule has 3 aromatic rings. The minimum atomic E-state index is 0.000697. The van der Waals surface area contributed by atoms with Gasteiger partial charge in [-0.05, 0) is 19.1 Å². The van der Waals surface area contributed by atoms with E-state index in [1.807, 2.05) is 37.3 Å². The fourth-order valence-electron chi connectivity index (χ4n) is 1.99. The number of aromatic nitrogens is 3. The highest BCUT2D eigenvalue weighted by Crippen LogP contribution is 2.21. The summed E-state index contributed by atoms with van der Waals surface area (Å²) < 4.78 is 6.49. The van der Waals surface area contributed by atoms with Crippen LogP contribution in [0.4, 0.5) is 0 Å². The molecule has 5 nitrogen and oxygen atoms in total. The summed E-state index contributed by atoms with van der Waals surface area (Å²) in [4.78, 5) is 17.0. The van der Waals surface area contributed by atoms with Crippen LogP contribution in [0, 0.1) is 0 Å². The van der Waals surface area contributed by atoms with Gasteiger partial charge in [-0.3, -0.25) is 9.36 Å². The third kappa shape index (κ3) is 2.34. The van der Waals surface area contributed by atoms with Crippen molar-refractivity contribution in [2.75, 3.05) is 0 Å². The summed E-state index contributed by atoms with van der Waals surface area (Å²) in [5, 5.41) is 5.22. The number of benzene rings is 1. The second kappa shape index (κ2) is 5.50. The Morgan fingerprint density at radius 2 is 2.15 bits per heavy atom. The Balaban J connectivity index is 2.03. The van der Waals surface area contributed by atoms with Crippen molar-refractivity contribution in [3.8, 4) is 0 Å². The van der Waals surface area contributed by atoms with Crippen LogP contribution in [0.25, 0.3) is 10.9 Å². The van der Waals surface area contributed by atoms with Crippen LogP contribution in [-0.2, 0) is 12.3 Å². The van der Waals surface area contributed by atoms with Crippen LogP contribution in [0.1, 0.15) is 12.6 Å². The van der Waals surface area contributed by atoms with Crippen molar-refractivity contribution < 1.29 is 4.52 Å². The van der Waals surface area contributed by atoms with E-state index in [0.717, 1.165) is 11.2 Å². The molecule has 2 heterocycles. The van der Waals surface area contributed by atoms with Crippen LogP contribution in [0.5, 0.6) is 0 Å². The fraction of sp³-hybridized carbons (Fsp3) is 0.214. The highest BCUT2D eigenvalue weighted by molar-refractivity contribution is 7.98. The van der Waals surface area contributed by atoms with Gasteiger partial charge < -0.3 is 4.52 Å². The number of rotatable bonds is 4. The second-order valence-electron chi connectivity index (χ2n) is 4.24. The first kappa shape index (κ1) is 12.9. The molecule has 0 bridgehead atoms. The number of hydrogen-bond acceptors (Lipinski definition) is 5. The standard InChI is InChI=1S/C14H13N3O2S/c1-2-17-13(18)11-5-3-4-6-12(11)15-14(17)20-9-10-7-8-19-16-10/h3-8H,2,9H2,1H3. The summed E-state index contributed by atoms with van der Waals surface area (Å²) in [5.41, 5.74) is 1.56. The molecule has 0 aliphatic heterocycles. The Labute approximate surface area is 119 Å². The molecule has 0 unspecified atom stereocenters. The smallest absolute Gasteiger partial charge is 0.262 e. The molecule has 0 aliphatic carbocycles. The zero-order valence-electron chi connectivity index (χ0n) is 10.9. The van der Waals surface area contributed by atoms with Crippen molar-refractivity contribution in [3.63, 3.8) is 0 Å². The predicted octanol–water partition coefficient (Wildman–Crippen LogP) is 2.70. The average Bonchev–Trinajstić information content (AvgIpc) is 2.99. The second-order valence-corrected chi connectivity index (χ2v) is 5.18. The molecule has 0 spiro atoms. The van der Waals surface area contributed by atoms with Crippen molar-refractivity contribution in [2.24, 2.45) is 0 Å². The van der Waals surface area contributed by atoms with Gasteiger partial charge in [0.1, 0.15) is 6.26 Å². The van der Waals surface area contributed by atoms with Gasteiger partial charge in [-0.15, -0.1) is 0 Å². The zero-order chi connectivity index (χ0) is 13.9. The van der Waals surface area contributed by atoms with Gasteiger partial charge in [-0.25, -0.2) is 4.98 Å². The van der Waals surface area contributed by atoms with Gasteiger partial charge in [0.05, 0.1) is 16.6 Å². The van der Waals surface area contributed by atoms with Gasteiger partial charge in [-0.1, -0.05) is 29.1 Å². The number of para-hydroxylation sites is 1. The molecule has 0 saturated heterocycles. The Morgan fingerprint density at radius 1 is 1.30 bits per heavy atom. The molecule has 0 amide bonds. The highest BCUT2D eigenvalue weighted by Gasteiger charge is 2.10. The maximum Gasteiger partial charge on any atom is 0.262 e. The van der Waals surface area contributed by atoms with Gasteiger partial charge in [0.15, 0.2) is 5.16 Å². The van der Waals surface area contributed by atoms with Crippen LogP contribution in [0.15, 0.2) is 51.1 Å². The Bertz CT molecular complexity index is 781. The van der Waals surface area contributed by atoms with Crippen LogP contribution in [0.2, 0.25) is 0 Å². The highest BCUT2D eigenvalue weighted by atomic mass is 32.2. The van der Waals surface area contributed by atoms with Crippen LogP contribution >= 0.6 is 11.8 Å². The molecule has 6 heteroatoms. The van der Waals surface area contributed by atoms with E-state index in [1.165, 1.54) is 18.0 Å². The molecule has 0 radical (unpaired) electrons. The first-order valence-electron chi connectivity index (χ1n) is 6.31. The Morgan fingerprint density at radius 3 is 2.90 bits per heavy atom. The average molecular weight is 287 g/mol. The molecule has 20 heavy (non-hydrogen) atoms. The molecule has 1 aromatic carbocycles. The number of thioether (sulfide) groups is 1. The van der Waals surface area contributed by atoms with E-state index in [1.54, 1.807) is 4.57 Å². The molecule has 0 atom stereocenters. The van der Waals surface area contributed by atoms with Gasteiger partial charge in [0.2, 0.25) is 0 Å². The Kier molecular flexibility index (Phi) is 3.56. The van der Waals surface area contributed by atoms with E-state index in [9.17, 15) is 4.79 Å². The lowest BCUT2D eigenvalue weighted by Crippen LogP contribution is -2.22. The fourth-order valence-corrected chi connectivity index (χ4v) is 2.94. The summed E-state index contributed by atoms with van der Waals surface area (Å²) in [6.45, 7) is 2.54. The van der Waals surface area contributed by atoms with E-state index in [2.05, 4.69) is 10.1 Å². The molecular weight excluding hydrogens is 274 g/mol. The topological polar surface area (TPSA) is 60.9 Å². The molecule has 102 valence electrons. The molecular formula is C14H13N3O2S. The van der Waals surface area contributed by atoms with Crippen molar-refractivity contribution in [1.29, 1.82) is 0 Å². The number of nitrogens with zero attached hydrogens (tertiary/aromatic N) is 3. The maximum absolute atomic E-state index is 12.4. The van der Waals surface area contributed by atoms with Gasteiger partial charge in [0, 0.05) is 18.4 Å². The maximum atomic E-state index is 12.4. The van der Waals surface area contributed by atoms with E-state index in [0.29, 0.717) is 22.8 Å². The van der Waals surface area contributed by atoms with E-state index in [4.69, 9.17) is 4.52 Å². The normalized spacial score (nSPS) is 11.1. The summed E-state index contributed by atoms with van der Waals surface area (Å²) in [7, 11) is 0. The molecule has 0 aliphatic rings. The van der Waals surface area contributed by atoms with E-state index < -0.39 is 0 Å².